The number of thiophene rings is 1. The van der Waals surface area contributed by atoms with Crippen molar-refractivity contribution in [2.75, 3.05) is 16.4 Å². The van der Waals surface area contributed by atoms with Crippen LogP contribution in [0.25, 0.3) is 21.2 Å². The minimum atomic E-state index is -1.88. The molecule has 184 valence electrons. The number of nitrogens with one attached hydrogen (secondary N) is 2. The van der Waals surface area contributed by atoms with E-state index in [0.29, 0.717) is 31.7 Å². The molecule has 0 saturated carbocycles. The van der Waals surface area contributed by atoms with Crippen LogP contribution in [-0.4, -0.2) is 11.8 Å². The van der Waals surface area contributed by atoms with Gasteiger partial charge in [-0.2, -0.15) is 0 Å². The smallest absolute Gasteiger partial charge is 0.265 e. The summed E-state index contributed by atoms with van der Waals surface area (Å²) in [6.07, 6.45) is -1.88. The van der Waals surface area contributed by atoms with Crippen LogP contribution in [0.3, 0.4) is 0 Å². The van der Waals surface area contributed by atoms with Gasteiger partial charge in [-0.3, -0.25) is 9.59 Å². The molecule has 1 unspecified atom stereocenters. The zero-order valence-corrected chi connectivity index (χ0v) is 20.9. The van der Waals surface area contributed by atoms with Crippen LogP contribution < -0.4 is 16.4 Å². The maximum Gasteiger partial charge on any atom is 0.265 e. The number of rotatable bonds is 6. The third-order valence-corrected chi connectivity index (χ3v) is 7.16. The van der Waals surface area contributed by atoms with Crippen LogP contribution in [0.15, 0.2) is 97.1 Å². The van der Waals surface area contributed by atoms with E-state index in [1.165, 1.54) is 11.3 Å². The van der Waals surface area contributed by atoms with Gasteiger partial charge >= 0.3 is 0 Å². The van der Waals surface area contributed by atoms with Crippen LogP contribution in [0.5, 0.6) is 0 Å². The molecule has 1 heterocycles. The number of halogens is 2. The van der Waals surface area contributed by atoms with E-state index in [0.717, 1.165) is 16.5 Å². The molecule has 37 heavy (non-hydrogen) atoms. The maximum absolute atomic E-state index is 15.0. The number of nitrogen functional groups attached to an aromatic ring is 1. The van der Waals surface area contributed by atoms with Gasteiger partial charge in [-0.25, -0.2) is 4.39 Å². The van der Waals surface area contributed by atoms with Crippen molar-refractivity contribution in [2.45, 2.75) is 6.17 Å². The van der Waals surface area contributed by atoms with E-state index >= 15 is 0 Å². The number of fused-ring (bicyclic) bond motifs is 1. The molecular weight excluding hydrogens is 509 g/mol. The fourth-order valence-electron chi connectivity index (χ4n) is 3.87. The highest BCUT2D eigenvalue weighted by atomic mass is 35.5. The van der Waals surface area contributed by atoms with Crippen LogP contribution in [0, 0.1) is 0 Å². The predicted molar refractivity (Wildman–Crippen MR) is 150 cm³/mol. The number of hydrogen-bond donors (Lipinski definition) is 3. The summed E-state index contributed by atoms with van der Waals surface area (Å²) in [6, 6.07) is 28.3. The van der Waals surface area contributed by atoms with Gasteiger partial charge in [0, 0.05) is 15.4 Å². The lowest BCUT2D eigenvalue weighted by molar-refractivity contribution is -0.121. The highest BCUT2D eigenvalue weighted by Crippen LogP contribution is 2.32. The van der Waals surface area contributed by atoms with E-state index in [1.54, 1.807) is 54.6 Å². The van der Waals surface area contributed by atoms with Gasteiger partial charge in [0.25, 0.3) is 11.8 Å². The molecule has 0 aliphatic carbocycles. The second kappa shape index (κ2) is 10.4. The van der Waals surface area contributed by atoms with E-state index in [4.69, 9.17) is 17.3 Å². The summed E-state index contributed by atoms with van der Waals surface area (Å²) in [5.74, 6) is -1.11. The second-order valence-electron chi connectivity index (χ2n) is 8.39. The van der Waals surface area contributed by atoms with Gasteiger partial charge < -0.3 is 16.4 Å². The largest absolute Gasteiger partial charge is 0.397 e. The molecule has 8 heteroatoms. The quantitative estimate of drug-likeness (QED) is 0.197. The second-order valence-corrected chi connectivity index (χ2v) is 9.91. The van der Waals surface area contributed by atoms with E-state index < -0.39 is 12.1 Å². The summed E-state index contributed by atoms with van der Waals surface area (Å²) in [6.45, 7) is 0. The maximum atomic E-state index is 15.0. The monoisotopic (exact) mass is 529 g/mol. The molecular formula is C29H21ClFN3O2S. The minimum Gasteiger partial charge on any atom is -0.397 e. The standard InChI is InChI=1S/C29H21ClFN3O2S/c30-21-9-11-22(12-10-21)33-29(36)27(31)20-7-6-19-15-26(37-25(19)16-20)28(35)34-24-14-18(8-13-23(24)32)17-4-2-1-3-5-17/h1-16,27H,32H2,(H,33,36)(H,34,35). The third kappa shape index (κ3) is 5.48. The van der Waals surface area contributed by atoms with E-state index in [1.807, 2.05) is 42.5 Å². The molecule has 0 bridgehead atoms. The lowest BCUT2D eigenvalue weighted by Gasteiger charge is -2.10. The minimum absolute atomic E-state index is 0.201. The van der Waals surface area contributed by atoms with Crippen LogP contribution in [0.4, 0.5) is 21.5 Å². The number of anilines is 3. The average molecular weight is 530 g/mol. The molecule has 0 saturated heterocycles. The Morgan fingerprint density at radius 1 is 0.838 bits per heavy atom. The van der Waals surface area contributed by atoms with Crippen molar-refractivity contribution >= 4 is 61.9 Å². The van der Waals surface area contributed by atoms with Gasteiger partial charge in [0.1, 0.15) is 0 Å². The molecule has 5 rings (SSSR count). The Bertz CT molecular complexity index is 1600. The molecule has 0 radical (unpaired) electrons. The number of amides is 2. The van der Waals surface area contributed by atoms with Gasteiger partial charge in [0.15, 0.2) is 0 Å². The number of nitrogens with two attached hydrogens (primary N) is 1. The van der Waals surface area contributed by atoms with Crippen molar-refractivity contribution in [2.24, 2.45) is 0 Å². The number of carbonyl (C=O) groups is 2. The number of alkyl halides is 1. The van der Waals surface area contributed by atoms with Gasteiger partial charge in [-0.1, -0.05) is 60.1 Å². The molecule has 4 N–H and O–H groups in total. The fourth-order valence-corrected chi connectivity index (χ4v) is 5.00. The highest BCUT2D eigenvalue weighted by molar-refractivity contribution is 7.20. The van der Waals surface area contributed by atoms with Crippen molar-refractivity contribution < 1.29 is 14.0 Å². The van der Waals surface area contributed by atoms with E-state index in [-0.39, 0.29) is 11.5 Å². The Balaban J connectivity index is 1.33. The van der Waals surface area contributed by atoms with Crippen LogP contribution in [0.1, 0.15) is 21.4 Å². The molecule has 1 aromatic heterocycles. The summed E-state index contributed by atoms with van der Waals surface area (Å²) >= 11 is 7.07. The number of hydrogen-bond acceptors (Lipinski definition) is 4. The van der Waals surface area contributed by atoms with Gasteiger partial charge in [0.05, 0.1) is 16.3 Å². The third-order valence-electron chi connectivity index (χ3n) is 5.81. The van der Waals surface area contributed by atoms with Crippen LogP contribution in [0.2, 0.25) is 5.02 Å². The predicted octanol–water partition coefficient (Wildman–Crippen LogP) is 7.71. The molecule has 4 aromatic carbocycles. The molecule has 1 atom stereocenters. The Morgan fingerprint density at radius 2 is 1.59 bits per heavy atom. The highest BCUT2D eigenvalue weighted by Gasteiger charge is 2.21. The lowest BCUT2D eigenvalue weighted by Crippen LogP contribution is -2.17. The van der Waals surface area contributed by atoms with E-state index in [2.05, 4.69) is 10.6 Å². The summed E-state index contributed by atoms with van der Waals surface area (Å²) in [4.78, 5) is 25.9. The first-order chi connectivity index (χ1) is 17.9. The average Bonchev–Trinajstić information content (AvgIpc) is 3.35. The van der Waals surface area contributed by atoms with Gasteiger partial charge in [0.2, 0.25) is 6.17 Å². The fraction of sp³-hybridized carbons (Fsp3) is 0.0345. The summed E-state index contributed by atoms with van der Waals surface area (Å²) in [5, 5.41) is 6.72. The molecule has 0 aliphatic heterocycles. The zero-order chi connectivity index (χ0) is 25.9. The molecule has 0 aliphatic rings. The first-order valence-electron chi connectivity index (χ1n) is 11.4. The van der Waals surface area contributed by atoms with Crippen molar-refractivity contribution in [3.8, 4) is 11.1 Å². The molecule has 0 spiro atoms. The van der Waals surface area contributed by atoms with Crippen molar-refractivity contribution in [3.05, 3.63) is 113 Å². The Hall–Kier alpha value is -4.20. The normalized spacial score (nSPS) is 11.7. The molecule has 2 amide bonds. The van der Waals surface area contributed by atoms with Gasteiger partial charge in [-0.05, 0) is 70.6 Å². The first kappa shape index (κ1) is 24.5. The lowest BCUT2D eigenvalue weighted by atomic mass is 10.0. The molecule has 0 fully saturated rings. The van der Waals surface area contributed by atoms with Crippen molar-refractivity contribution in [1.29, 1.82) is 0 Å². The number of benzene rings is 4. The topological polar surface area (TPSA) is 84.2 Å². The molecule has 5 nitrogen and oxygen atoms in total. The van der Waals surface area contributed by atoms with Crippen LogP contribution >= 0.6 is 22.9 Å². The summed E-state index contributed by atoms with van der Waals surface area (Å²) in [7, 11) is 0. The Labute approximate surface area is 221 Å². The Kier molecular flexibility index (Phi) is 6.90. The molecule has 5 aromatic rings. The SMILES string of the molecule is Nc1ccc(-c2ccccc2)cc1NC(=O)c1cc2ccc(C(F)C(=O)Nc3ccc(Cl)cc3)cc2s1. The number of carbonyl (C=O) groups excluding carboxylic acids is 2. The first-order valence-corrected chi connectivity index (χ1v) is 12.6. The van der Waals surface area contributed by atoms with Crippen molar-refractivity contribution in [1.82, 2.24) is 0 Å². The van der Waals surface area contributed by atoms with E-state index in [9.17, 15) is 14.0 Å². The Morgan fingerprint density at radius 3 is 2.35 bits per heavy atom. The summed E-state index contributed by atoms with van der Waals surface area (Å²) in [5.41, 5.74) is 9.65. The van der Waals surface area contributed by atoms with Gasteiger partial charge in [-0.15, -0.1) is 11.3 Å². The summed E-state index contributed by atoms with van der Waals surface area (Å²) < 4.78 is 15.7. The van der Waals surface area contributed by atoms with Crippen molar-refractivity contribution in [3.63, 3.8) is 0 Å². The zero-order valence-electron chi connectivity index (χ0n) is 19.4. The van der Waals surface area contributed by atoms with Crippen LogP contribution in [-0.2, 0) is 4.79 Å².